The van der Waals surface area contributed by atoms with Gasteiger partial charge in [-0.1, -0.05) is 72.8 Å². The predicted molar refractivity (Wildman–Crippen MR) is 79.7 cm³/mol. The number of aliphatic hydroxyl groups is 1. The van der Waals surface area contributed by atoms with E-state index in [1.807, 2.05) is 54.6 Å². The van der Waals surface area contributed by atoms with E-state index in [0.717, 1.165) is 10.8 Å². The monoisotopic (exact) mass is 262 g/mol. The van der Waals surface area contributed by atoms with E-state index in [0.29, 0.717) is 11.1 Å². The second-order valence-electron chi connectivity index (χ2n) is 4.70. The van der Waals surface area contributed by atoms with Crippen LogP contribution in [-0.4, -0.2) is 10.9 Å². The highest BCUT2D eigenvalue weighted by atomic mass is 16.3. The molecule has 0 aliphatic carbocycles. The Balaban J connectivity index is 2.05. The molecule has 2 nitrogen and oxygen atoms in total. The first kappa shape index (κ1) is 12.6. The van der Waals surface area contributed by atoms with E-state index in [2.05, 4.69) is 0 Å². The Morgan fingerprint density at radius 2 is 1.45 bits per heavy atom. The van der Waals surface area contributed by atoms with Gasteiger partial charge in [-0.25, -0.2) is 0 Å². The highest BCUT2D eigenvalue weighted by molar-refractivity contribution is 6.10. The summed E-state index contributed by atoms with van der Waals surface area (Å²) in [6.07, 6.45) is -1.12. The zero-order valence-electron chi connectivity index (χ0n) is 10.9. The van der Waals surface area contributed by atoms with Crippen LogP contribution in [0.1, 0.15) is 22.0 Å². The first-order valence-electron chi connectivity index (χ1n) is 6.52. The summed E-state index contributed by atoms with van der Waals surface area (Å²) >= 11 is 0. The minimum atomic E-state index is -1.12. The largest absolute Gasteiger partial charge is 0.380 e. The van der Waals surface area contributed by atoms with Gasteiger partial charge in [-0.2, -0.15) is 0 Å². The third-order valence-corrected chi connectivity index (χ3v) is 3.42. The molecule has 0 amide bonds. The fraction of sp³-hybridized carbons (Fsp3) is 0.0556. The van der Waals surface area contributed by atoms with Crippen molar-refractivity contribution in [2.45, 2.75) is 6.10 Å². The first-order valence-corrected chi connectivity index (χ1v) is 6.52. The summed E-state index contributed by atoms with van der Waals surface area (Å²) in [7, 11) is 0. The first-order chi connectivity index (χ1) is 9.77. The van der Waals surface area contributed by atoms with Crippen molar-refractivity contribution in [3.8, 4) is 0 Å². The Labute approximate surface area is 117 Å². The van der Waals surface area contributed by atoms with Gasteiger partial charge >= 0.3 is 0 Å². The van der Waals surface area contributed by atoms with Crippen molar-refractivity contribution in [1.82, 2.24) is 0 Å². The fourth-order valence-corrected chi connectivity index (χ4v) is 2.37. The van der Waals surface area contributed by atoms with Gasteiger partial charge in [-0.15, -0.1) is 0 Å². The molecule has 20 heavy (non-hydrogen) atoms. The van der Waals surface area contributed by atoms with Gasteiger partial charge in [0.1, 0.15) is 6.10 Å². The third kappa shape index (κ3) is 2.22. The molecule has 2 heteroatoms. The minimum Gasteiger partial charge on any atom is -0.380 e. The van der Waals surface area contributed by atoms with Crippen LogP contribution < -0.4 is 0 Å². The number of aliphatic hydroxyl groups excluding tert-OH is 1. The fourth-order valence-electron chi connectivity index (χ4n) is 2.37. The van der Waals surface area contributed by atoms with Gasteiger partial charge in [0.25, 0.3) is 0 Å². The maximum atomic E-state index is 12.5. The van der Waals surface area contributed by atoms with Crippen LogP contribution in [0.4, 0.5) is 0 Å². The molecule has 3 rings (SSSR count). The predicted octanol–water partition coefficient (Wildman–Crippen LogP) is 3.76. The molecule has 0 bridgehead atoms. The molecule has 3 aromatic carbocycles. The van der Waals surface area contributed by atoms with Crippen LogP contribution in [0.2, 0.25) is 0 Å². The molecular weight excluding hydrogens is 248 g/mol. The minimum absolute atomic E-state index is 0.270. The number of hydrogen-bond donors (Lipinski definition) is 1. The average molecular weight is 262 g/mol. The molecular formula is C18H14O2. The van der Waals surface area contributed by atoms with E-state index in [4.69, 9.17) is 0 Å². The summed E-state index contributed by atoms with van der Waals surface area (Å²) in [6, 6.07) is 22.3. The molecule has 1 atom stereocenters. The number of hydrogen-bond acceptors (Lipinski definition) is 2. The van der Waals surface area contributed by atoms with Crippen molar-refractivity contribution in [1.29, 1.82) is 0 Å². The van der Waals surface area contributed by atoms with E-state index in [-0.39, 0.29) is 5.78 Å². The molecule has 0 saturated carbocycles. The van der Waals surface area contributed by atoms with Crippen LogP contribution in [0.25, 0.3) is 10.8 Å². The van der Waals surface area contributed by atoms with Crippen LogP contribution >= 0.6 is 0 Å². The van der Waals surface area contributed by atoms with Crippen molar-refractivity contribution in [3.63, 3.8) is 0 Å². The lowest BCUT2D eigenvalue weighted by molar-refractivity contribution is 0.0749. The summed E-state index contributed by atoms with van der Waals surface area (Å²) in [6.45, 7) is 0. The summed E-state index contributed by atoms with van der Waals surface area (Å²) in [5.74, 6) is -0.270. The SMILES string of the molecule is O=C(c1cccc2ccccc12)[C@@H](O)c1ccccc1. The van der Waals surface area contributed by atoms with E-state index in [1.165, 1.54) is 0 Å². The molecule has 0 spiro atoms. The number of carbonyl (C=O) groups is 1. The van der Waals surface area contributed by atoms with Crippen molar-refractivity contribution in [2.24, 2.45) is 0 Å². The molecule has 0 fully saturated rings. The van der Waals surface area contributed by atoms with Crippen LogP contribution in [-0.2, 0) is 0 Å². The maximum Gasteiger partial charge on any atom is 0.196 e. The lowest BCUT2D eigenvalue weighted by Crippen LogP contribution is -2.12. The molecule has 3 aromatic rings. The quantitative estimate of drug-likeness (QED) is 0.730. The summed E-state index contributed by atoms with van der Waals surface area (Å²) in [4.78, 5) is 12.5. The van der Waals surface area contributed by atoms with Crippen LogP contribution in [0, 0.1) is 0 Å². The number of fused-ring (bicyclic) bond motifs is 1. The van der Waals surface area contributed by atoms with Gasteiger partial charge in [0, 0.05) is 5.56 Å². The lowest BCUT2D eigenvalue weighted by Gasteiger charge is -2.11. The Bertz CT molecular complexity index is 742. The topological polar surface area (TPSA) is 37.3 Å². The smallest absolute Gasteiger partial charge is 0.196 e. The van der Waals surface area contributed by atoms with Gasteiger partial charge in [-0.05, 0) is 16.3 Å². The highest BCUT2D eigenvalue weighted by Gasteiger charge is 2.20. The van der Waals surface area contributed by atoms with Crippen LogP contribution in [0.3, 0.4) is 0 Å². The summed E-state index contributed by atoms with van der Waals surface area (Å²) in [5, 5.41) is 12.1. The van der Waals surface area contributed by atoms with E-state index in [9.17, 15) is 9.90 Å². The zero-order chi connectivity index (χ0) is 13.9. The van der Waals surface area contributed by atoms with Gasteiger partial charge in [0.15, 0.2) is 5.78 Å². The van der Waals surface area contributed by atoms with Gasteiger partial charge in [0.2, 0.25) is 0 Å². The van der Waals surface area contributed by atoms with E-state index >= 15 is 0 Å². The normalized spacial score (nSPS) is 12.2. The molecule has 0 unspecified atom stereocenters. The third-order valence-electron chi connectivity index (χ3n) is 3.42. The standard InChI is InChI=1S/C18H14O2/c19-17(14-8-2-1-3-9-14)18(20)16-12-6-10-13-7-4-5-11-15(13)16/h1-12,17,19H/t17-/m0/s1. The average Bonchev–Trinajstić information content (AvgIpc) is 2.54. The second-order valence-corrected chi connectivity index (χ2v) is 4.70. The van der Waals surface area contributed by atoms with Crippen molar-refractivity contribution < 1.29 is 9.90 Å². The number of Topliss-reactive ketones (excluding diaryl/α,β-unsaturated/α-hetero) is 1. The number of carbonyl (C=O) groups excluding carboxylic acids is 1. The van der Waals surface area contributed by atoms with Gasteiger partial charge < -0.3 is 5.11 Å². The zero-order valence-corrected chi connectivity index (χ0v) is 10.9. The molecule has 98 valence electrons. The van der Waals surface area contributed by atoms with Crippen molar-refractivity contribution in [2.75, 3.05) is 0 Å². The molecule has 0 aliphatic rings. The number of rotatable bonds is 3. The van der Waals surface area contributed by atoms with E-state index in [1.54, 1.807) is 18.2 Å². The molecule has 0 heterocycles. The Morgan fingerprint density at radius 3 is 2.25 bits per heavy atom. The van der Waals surface area contributed by atoms with Gasteiger partial charge in [0.05, 0.1) is 0 Å². The summed E-state index contributed by atoms with van der Waals surface area (Å²) in [5.41, 5.74) is 1.17. The van der Waals surface area contributed by atoms with Crippen LogP contribution in [0.5, 0.6) is 0 Å². The summed E-state index contributed by atoms with van der Waals surface area (Å²) < 4.78 is 0. The van der Waals surface area contributed by atoms with Crippen molar-refractivity contribution >= 4 is 16.6 Å². The van der Waals surface area contributed by atoms with Crippen LogP contribution in [0.15, 0.2) is 72.8 Å². The van der Waals surface area contributed by atoms with E-state index < -0.39 is 6.10 Å². The molecule has 1 N–H and O–H groups in total. The van der Waals surface area contributed by atoms with Gasteiger partial charge in [-0.3, -0.25) is 4.79 Å². The molecule has 0 aliphatic heterocycles. The Morgan fingerprint density at radius 1 is 0.800 bits per heavy atom. The number of ketones is 1. The second kappa shape index (κ2) is 5.27. The highest BCUT2D eigenvalue weighted by Crippen LogP contribution is 2.24. The molecule has 0 saturated heterocycles. The maximum absolute atomic E-state index is 12.5. The Hall–Kier alpha value is -2.45. The Kier molecular flexibility index (Phi) is 3.32. The van der Waals surface area contributed by atoms with Crippen molar-refractivity contribution in [3.05, 3.63) is 83.9 Å². The number of benzene rings is 3. The molecule has 0 radical (unpaired) electrons. The lowest BCUT2D eigenvalue weighted by atomic mass is 9.95. The molecule has 0 aromatic heterocycles.